The minimum absolute atomic E-state index is 0.0818. The number of rotatable bonds is 4. The predicted molar refractivity (Wildman–Crippen MR) is 79.7 cm³/mol. The van der Waals surface area contributed by atoms with E-state index in [1.807, 2.05) is 0 Å². The number of carbonyl (C=O) groups excluding carboxylic acids is 1. The van der Waals surface area contributed by atoms with Crippen LogP contribution >= 0.6 is 11.3 Å². The fraction of sp³-hybridized carbons (Fsp3) is 0.750. The van der Waals surface area contributed by atoms with Crippen molar-refractivity contribution in [2.24, 2.45) is 5.92 Å². The molecule has 0 aromatic carbocycles. The Balaban J connectivity index is 1.54. The highest BCUT2D eigenvalue weighted by atomic mass is 32.2. The third-order valence-corrected chi connectivity index (χ3v) is 6.20. The van der Waals surface area contributed by atoms with Crippen molar-refractivity contribution in [1.82, 2.24) is 14.5 Å². The monoisotopic (exact) mass is 330 g/mol. The Morgan fingerprint density at radius 3 is 2.48 bits per heavy atom. The Kier molecular flexibility index (Phi) is 3.98. The summed E-state index contributed by atoms with van der Waals surface area (Å²) in [5, 5.41) is 12.4. The molecule has 116 valence electrons. The lowest BCUT2D eigenvalue weighted by atomic mass is 9.97. The maximum absolute atomic E-state index is 12.2. The molecule has 1 aliphatic carbocycles. The van der Waals surface area contributed by atoms with E-state index >= 15 is 0 Å². The van der Waals surface area contributed by atoms with Gasteiger partial charge in [0, 0.05) is 24.9 Å². The molecule has 1 N–H and O–H groups in total. The minimum Gasteiger partial charge on any atom is -0.300 e. The smallest absolute Gasteiger partial charge is 0.229 e. The molecule has 2 fully saturated rings. The van der Waals surface area contributed by atoms with Crippen molar-refractivity contribution in [3.8, 4) is 0 Å². The van der Waals surface area contributed by atoms with Crippen molar-refractivity contribution < 1.29 is 13.2 Å². The molecule has 2 aliphatic rings. The number of carbonyl (C=O) groups is 1. The zero-order valence-corrected chi connectivity index (χ0v) is 13.4. The van der Waals surface area contributed by atoms with Crippen LogP contribution in [0.3, 0.4) is 0 Å². The first-order valence-electron chi connectivity index (χ1n) is 7.03. The lowest BCUT2D eigenvalue weighted by Gasteiger charge is -2.29. The Morgan fingerprint density at radius 2 is 1.90 bits per heavy atom. The van der Waals surface area contributed by atoms with Crippen LogP contribution < -0.4 is 5.32 Å². The molecule has 3 rings (SSSR count). The zero-order valence-electron chi connectivity index (χ0n) is 11.8. The lowest BCUT2D eigenvalue weighted by Crippen LogP contribution is -2.40. The Morgan fingerprint density at radius 1 is 1.24 bits per heavy atom. The summed E-state index contributed by atoms with van der Waals surface area (Å²) in [4.78, 5) is 12.2. The van der Waals surface area contributed by atoms with Crippen LogP contribution in [0, 0.1) is 5.92 Å². The lowest BCUT2D eigenvalue weighted by molar-refractivity contribution is -0.120. The van der Waals surface area contributed by atoms with E-state index in [0.717, 1.165) is 17.8 Å². The van der Waals surface area contributed by atoms with Gasteiger partial charge in [0.1, 0.15) is 5.01 Å². The number of amides is 1. The van der Waals surface area contributed by atoms with E-state index in [0.29, 0.717) is 37.0 Å². The topological polar surface area (TPSA) is 92.3 Å². The summed E-state index contributed by atoms with van der Waals surface area (Å²) >= 11 is 1.44. The van der Waals surface area contributed by atoms with Gasteiger partial charge in [-0.3, -0.25) is 4.79 Å². The number of piperidine rings is 1. The molecule has 0 atom stereocenters. The molecule has 7 nitrogen and oxygen atoms in total. The second-order valence-corrected chi connectivity index (χ2v) is 8.64. The molecule has 21 heavy (non-hydrogen) atoms. The van der Waals surface area contributed by atoms with Gasteiger partial charge in [-0.05, 0) is 25.7 Å². The fourth-order valence-corrected chi connectivity index (χ4v) is 4.23. The van der Waals surface area contributed by atoms with Crippen LogP contribution in [0.25, 0.3) is 0 Å². The summed E-state index contributed by atoms with van der Waals surface area (Å²) in [6, 6.07) is 0. The average molecular weight is 330 g/mol. The SMILES string of the molecule is CS(=O)(=O)N1CCC(C(=O)Nc2nnc(C3CC3)s2)CC1. The molecular weight excluding hydrogens is 312 g/mol. The molecule has 1 amide bonds. The molecule has 1 saturated heterocycles. The standard InChI is InChI=1S/C12H18N4O3S2/c1-21(18,19)16-6-4-8(5-7-16)10(17)13-12-15-14-11(20-12)9-2-3-9/h8-9H,2-7H2,1H3,(H,13,15,17). The van der Waals surface area contributed by atoms with Gasteiger partial charge in [-0.15, -0.1) is 10.2 Å². The van der Waals surface area contributed by atoms with E-state index in [2.05, 4.69) is 15.5 Å². The van der Waals surface area contributed by atoms with Gasteiger partial charge in [0.05, 0.1) is 6.26 Å². The van der Waals surface area contributed by atoms with Gasteiger partial charge in [0.15, 0.2) is 0 Å². The van der Waals surface area contributed by atoms with Gasteiger partial charge >= 0.3 is 0 Å². The number of hydrogen-bond donors (Lipinski definition) is 1. The number of aromatic nitrogens is 2. The quantitative estimate of drug-likeness (QED) is 0.890. The van der Waals surface area contributed by atoms with Crippen molar-refractivity contribution >= 4 is 32.4 Å². The fourth-order valence-electron chi connectivity index (χ4n) is 2.44. The van der Waals surface area contributed by atoms with Crippen LogP contribution in [0.2, 0.25) is 0 Å². The Labute approximate surface area is 127 Å². The predicted octanol–water partition coefficient (Wildman–Crippen LogP) is 1.03. The second kappa shape index (κ2) is 5.62. The maximum Gasteiger partial charge on any atom is 0.229 e. The number of nitrogens with zero attached hydrogens (tertiary/aromatic N) is 3. The second-order valence-electron chi connectivity index (χ2n) is 5.65. The molecule has 1 aliphatic heterocycles. The highest BCUT2D eigenvalue weighted by Gasteiger charge is 2.30. The maximum atomic E-state index is 12.2. The molecule has 0 spiro atoms. The average Bonchev–Trinajstić information content (AvgIpc) is 3.19. The Bertz CT molecular complexity index is 631. The van der Waals surface area contributed by atoms with E-state index < -0.39 is 10.0 Å². The summed E-state index contributed by atoms with van der Waals surface area (Å²) in [5.41, 5.74) is 0. The molecule has 1 aromatic rings. The van der Waals surface area contributed by atoms with Crippen LogP contribution in [0.1, 0.15) is 36.6 Å². The first-order chi connectivity index (χ1) is 9.93. The number of sulfonamides is 1. The molecule has 0 bridgehead atoms. The van der Waals surface area contributed by atoms with E-state index in [9.17, 15) is 13.2 Å². The summed E-state index contributed by atoms with van der Waals surface area (Å²) in [7, 11) is -3.15. The first kappa shape index (κ1) is 14.9. The van der Waals surface area contributed by atoms with Crippen molar-refractivity contribution in [1.29, 1.82) is 0 Å². The zero-order chi connectivity index (χ0) is 15.0. The summed E-state index contributed by atoms with van der Waals surface area (Å²) in [6.07, 6.45) is 4.62. The van der Waals surface area contributed by atoms with Gasteiger partial charge in [0.25, 0.3) is 0 Å². The van der Waals surface area contributed by atoms with Crippen LogP contribution in [0.5, 0.6) is 0 Å². The molecule has 2 heterocycles. The highest BCUT2D eigenvalue weighted by Crippen LogP contribution is 2.42. The molecule has 1 saturated carbocycles. The van der Waals surface area contributed by atoms with Crippen LogP contribution in [-0.4, -0.2) is 48.2 Å². The van der Waals surface area contributed by atoms with Gasteiger partial charge < -0.3 is 5.32 Å². The highest BCUT2D eigenvalue weighted by molar-refractivity contribution is 7.88. The minimum atomic E-state index is -3.15. The number of nitrogens with one attached hydrogen (secondary N) is 1. The van der Waals surface area contributed by atoms with Crippen molar-refractivity contribution in [3.05, 3.63) is 5.01 Å². The molecule has 0 unspecified atom stereocenters. The Hall–Kier alpha value is -1.06. The summed E-state index contributed by atoms with van der Waals surface area (Å²) in [5.74, 6) is 0.295. The van der Waals surface area contributed by atoms with E-state index in [4.69, 9.17) is 0 Å². The van der Waals surface area contributed by atoms with E-state index in [1.54, 1.807) is 0 Å². The van der Waals surface area contributed by atoms with Crippen molar-refractivity contribution in [2.75, 3.05) is 24.7 Å². The van der Waals surface area contributed by atoms with E-state index in [1.165, 1.54) is 21.9 Å². The summed E-state index contributed by atoms with van der Waals surface area (Å²) in [6.45, 7) is 0.806. The molecular formula is C12H18N4O3S2. The molecule has 9 heteroatoms. The number of anilines is 1. The van der Waals surface area contributed by atoms with Gasteiger partial charge in [-0.1, -0.05) is 11.3 Å². The van der Waals surface area contributed by atoms with Crippen LogP contribution in [0.4, 0.5) is 5.13 Å². The van der Waals surface area contributed by atoms with Crippen molar-refractivity contribution in [3.63, 3.8) is 0 Å². The molecule has 0 radical (unpaired) electrons. The summed E-state index contributed by atoms with van der Waals surface area (Å²) < 4.78 is 24.3. The number of hydrogen-bond acceptors (Lipinski definition) is 6. The van der Waals surface area contributed by atoms with Crippen LogP contribution in [-0.2, 0) is 14.8 Å². The van der Waals surface area contributed by atoms with Crippen molar-refractivity contribution in [2.45, 2.75) is 31.6 Å². The van der Waals surface area contributed by atoms with Gasteiger partial charge in [-0.2, -0.15) is 0 Å². The van der Waals surface area contributed by atoms with Crippen LogP contribution in [0.15, 0.2) is 0 Å². The first-order valence-corrected chi connectivity index (χ1v) is 9.69. The largest absolute Gasteiger partial charge is 0.300 e. The third kappa shape index (κ3) is 3.58. The van der Waals surface area contributed by atoms with Gasteiger partial charge in [0.2, 0.25) is 21.1 Å². The molecule has 1 aromatic heterocycles. The third-order valence-electron chi connectivity index (χ3n) is 3.89. The van der Waals surface area contributed by atoms with Gasteiger partial charge in [-0.25, -0.2) is 12.7 Å². The van der Waals surface area contributed by atoms with E-state index in [-0.39, 0.29) is 11.8 Å². The normalized spacial score (nSPS) is 21.4.